The summed E-state index contributed by atoms with van der Waals surface area (Å²) in [5.74, 6) is 0.833. The molecule has 0 saturated carbocycles. The molecule has 0 aliphatic heterocycles. The first-order chi connectivity index (χ1) is 10.7. The number of aryl methyl sites for hydroxylation is 2. The highest BCUT2D eigenvalue weighted by Crippen LogP contribution is 2.13. The number of hydrogen-bond acceptors (Lipinski definition) is 5. The number of hydrogen-bond donors (Lipinski definition) is 2. The molecule has 2 N–H and O–H groups in total. The molecule has 5 nitrogen and oxygen atoms in total. The molecule has 2 aromatic rings. The van der Waals surface area contributed by atoms with Crippen LogP contribution in [0.5, 0.6) is 0 Å². The minimum atomic E-state index is 0. The van der Waals surface area contributed by atoms with Crippen LogP contribution < -0.4 is 10.6 Å². The van der Waals surface area contributed by atoms with Crippen molar-refractivity contribution in [1.82, 2.24) is 20.6 Å². The minimum Gasteiger partial charge on any atom is -0.356 e. The molecule has 0 spiro atoms. The Balaban J connectivity index is 0.00000264. The zero-order chi connectivity index (χ0) is 15.8. The normalized spacial score (nSPS) is 11.2. The number of aliphatic imine (C=N–C) groups is 1. The Morgan fingerprint density at radius 1 is 1.26 bits per heavy atom. The van der Waals surface area contributed by atoms with Crippen LogP contribution in [0.25, 0.3) is 0 Å². The van der Waals surface area contributed by atoms with Gasteiger partial charge in [-0.05, 0) is 13.3 Å². The number of rotatable bonds is 7. The molecule has 0 aliphatic carbocycles. The van der Waals surface area contributed by atoms with Crippen LogP contribution in [0.4, 0.5) is 0 Å². The van der Waals surface area contributed by atoms with Crippen LogP contribution in [-0.2, 0) is 19.3 Å². The Morgan fingerprint density at radius 3 is 2.57 bits per heavy atom. The van der Waals surface area contributed by atoms with E-state index in [1.165, 1.54) is 9.88 Å². The van der Waals surface area contributed by atoms with Gasteiger partial charge in [0.15, 0.2) is 5.96 Å². The van der Waals surface area contributed by atoms with Crippen molar-refractivity contribution in [3.63, 3.8) is 0 Å². The van der Waals surface area contributed by atoms with Gasteiger partial charge >= 0.3 is 0 Å². The number of nitrogens with zero attached hydrogens (tertiary/aromatic N) is 3. The van der Waals surface area contributed by atoms with Crippen LogP contribution in [0, 0.1) is 6.92 Å². The second-order valence-corrected chi connectivity index (χ2v) is 7.12. The molecule has 2 heterocycles. The van der Waals surface area contributed by atoms with Crippen molar-refractivity contribution in [2.45, 2.75) is 33.1 Å². The van der Waals surface area contributed by atoms with Crippen molar-refractivity contribution in [3.05, 3.63) is 32.2 Å². The largest absolute Gasteiger partial charge is 0.356 e. The van der Waals surface area contributed by atoms with Crippen molar-refractivity contribution in [2.75, 3.05) is 20.1 Å². The predicted molar refractivity (Wildman–Crippen MR) is 111 cm³/mol. The molecule has 0 fully saturated rings. The highest BCUT2D eigenvalue weighted by Gasteiger charge is 2.03. The molecule has 0 atom stereocenters. The van der Waals surface area contributed by atoms with Crippen LogP contribution in [0.2, 0.25) is 0 Å². The van der Waals surface area contributed by atoms with Crippen LogP contribution in [0.15, 0.2) is 16.6 Å². The molecule has 2 rings (SSSR count). The van der Waals surface area contributed by atoms with Gasteiger partial charge in [-0.2, -0.15) is 0 Å². The van der Waals surface area contributed by atoms with Crippen LogP contribution in [0.1, 0.15) is 27.5 Å². The van der Waals surface area contributed by atoms with E-state index < -0.39 is 0 Å². The van der Waals surface area contributed by atoms with Gasteiger partial charge in [-0.3, -0.25) is 4.99 Å². The molecule has 23 heavy (non-hydrogen) atoms. The molecule has 0 saturated heterocycles. The fourth-order valence-electron chi connectivity index (χ4n) is 1.97. The third-order valence-corrected chi connectivity index (χ3v) is 5.17. The van der Waals surface area contributed by atoms with Crippen molar-refractivity contribution in [3.8, 4) is 0 Å². The lowest BCUT2D eigenvalue weighted by Crippen LogP contribution is -2.39. The lowest BCUT2D eigenvalue weighted by atomic mass is 10.3. The molecule has 0 aromatic carbocycles. The molecular weight excluding hydrogens is 441 g/mol. The monoisotopic (exact) mass is 465 g/mol. The first-order valence-corrected chi connectivity index (χ1v) is 9.20. The van der Waals surface area contributed by atoms with Gasteiger partial charge < -0.3 is 10.6 Å². The lowest BCUT2D eigenvalue weighted by molar-refractivity contribution is 0.775. The summed E-state index contributed by atoms with van der Waals surface area (Å²) in [5.41, 5.74) is 1.14. The summed E-state index contributed by atoms with van der Waals surface area (Å²) in [6.45, 7) is 5.86. The summed E-state index contributed by atoms with van der Waals surface area (Å²) in [5, 5.41) is 11.0. The molecule has 0 radical (unpaired) electrons. The van der Waals surface area contributed by atoms with Crippen LogP contribution >= 0.6 is 46.7 Å². The Bertz CT molecular complexity index is 609. The molecule has 2 aromatic heterocycles. The molecule has 0 aliphatic rings. The third kappa shape index (κ3) is 7.13. The maximum absolute atomic E-state index is 4.46. The highest BCUT2D eigenvalue weighted by atomic mass is 127. The summed E-state index contributed by atoms with van der Waals surface area (Å²) in [4.78, 5) is 14.5. The van der Waals surface area contributed by atoms with Crippen molar-refractivity contribution >= 4 is 52.6 Å². The lowest BCUT2D eigenvalue weighted by Gasteiger charge is -2.10. The molecular formula is C15H24IN5S2. The maximum atomic E-state index is 4.46. The quantitative estimate of drug-likeness (QED) is 0.375. The Hall–Kier alpha value is -0.740. The van der Waals surface area contributed by atoms with Gasteiger partial charge in [0.1, 0.15) is 0 Å². The first kappa shape index (κ1) is 20.3. The van der Waals surface area contributed by atoms with E-state index in [0.717, 1.165) is 49.0 Å². The average Bonchev–Trinajstić information content (AvgIpc) is 3.14. The van der Waals surface area contributed by atoms with Crippen molar-refractivity contribution in [2.24, 2.45) is 4.99 Å². The molecule has 0 bridgehead atoms. The SMILES string of the molecule is CCc1cnc(CCNC(=NC)NCCc2csc(C)n2)s1.I. The molecule has 128 valence electrons. The van der Waals surface area contributed by atoms with Crippen molar-refractivity contribution in [1.29, 1.82) is 0 Å². The van der Waals surface area contributed by atoms with Gasteiger partial charge in [0.2, 0.25) is 0 Å². The summed E-state index contributed by atoms with van der Waals surface area (Å²) in [6.07, 6.45) is 4.88. The van der Waals surface area contributed by atoms with Crippen LogP contribution in [-0.4, -0.2) is 36.1 Å². The Morgan fingerprint density at radius 2 is 2.00 bits per heavy atom. The zero-order valence-electron chi connectivity index (χ0n) is 13.8. The average molecular weight is 465 g/mol. The van der Waals surface area contributed by atoms with E-state index >= 15 is 0 Å². The minimum absolute atomic E-state index is 0. The number of nitrogens with one attached hydrogen (secondary N) is 2. The first-order valence-electron chi connectivity index (χ1n) is 7.50. The zero-order valence-corrected chi connectivity index (χ0v) is 17.7. The third-order valence-electron chi connectivity index (χ3n) is 3.14. The number of guanidine groups is 1. The van der Waals surface area contributed by atoms with E-state index in [4.69, 9.17) is 0 Å². The van der Waals surface area contributed by atoms with E-state index in [2.05, 4.69) is 37.9 Å². The number of aromatic nitrogens is 2. The second-order valence-electron chi connectivity index (χ2n) is 4.86. The second kappa shape index (κ2) is 10.9. The summed E-state index contributed by atoms with van der Waals surface area (Å²) >= 11 is 3.48. The van der Waals surface area contributed by atoms with Gasteiger partial charge in [0.05, 0.1) is 15.7 Å². The topological polar surface area (TPSA) is 62.2 Å². The predicted octanol–water partition coefficient (Wildman–Crippen LogP) is 3.04. The number of halogens is 1. The van der Waals surface area contributed by atoms with E-state index in [1.54, 1.807) is 29.7 Å². The number of thiazole rings is 2. The van der Waals surface area contributed by atoms with Gasteiger partial charge in [0.25, 0.3) is 0 Å². The maximum Gasteiger partial charge on any atom is 0.191 e. The van der Waals surface area contributed by atoms with Gasteiger partial charge in [-0.25, -0.2) is 9.97 Å². The van der Waals surface area contributed by atoms with E-state index in [0.29, 0.717) is 0 Å². The van der Waals surface area contributed by atoms with Gasteiger partial charge in [0, 0.05) is 49.4 Å². The van der Waals surface area contributed by atoms with E-state index in [1.807, 2.05) is 13.1 Å². The molecule has 8 heteroatoms. The smallest absolute Gasteiger partial charge is 0.191 e. The fraction of sp³-hybridized carbons (Fsp3) is 0.533. The summed E-state index contributed by atoms with van der Waals surface area (Å²) in [7, 11) is 1.79. The van der Waals surface area contributed by atoms with Gasteiger partial charge in [-0.1, -0.05) is 6.92 Å². The Kier molecular flexibility index (Phi) is 9.65. The molecule has 0 unspecified atom stereocenters. The standard InChI is InChI=1S/C15H23N5S2.HI/c1-4-13-9-19-14(22-13)6-8-18-15(16-3)17-7-5-12-10-21-11(2)20-12;/h9-10H,4-8H2,1-3H3,(H2,16,17,18);1H. The molecule has 0 amide bonds. The van der Waals surface area contributed by atoms with Crippen LogP contribution in [0.3, 0.4) is 0 Å². The van der Waals surface area contributed by atoms with E-state index in [9.17, 15) is 0 Å². The summed E-state index contributed by atoms with van der Waals surface area (Å²) < 4.78 is 0. The Labute approximate surface area is 163 Å². The fourth-order valence-corrected chi connectivity index (χ4v) is 3.48. The van der Waals surface area contributed by atoms with E-state index in [-0.39, 0.29) is 24.0 Å². The van der Waals surface area contributed by atoms with Gasteiger partial charge in [-0.15, -0.1) is 46.7 Å². The highest BCUT2D eigenvalue weighted by molar-refractivity contribution is 14.0. The summed E-state index contributed by atoms with van der Waals surface area (Å²) in [6, 6.07) is 0. The van der Waals surface area contributed by atoms with Crippen molar-refractivity contribution < 1.29 is 0 Å².